The number of hydrogen-bond donors (Lipinski definition) is 1. The number of carbonyl (C=O) groups excluding carboxylic acids is 1. The van der Waals surface area contributed by atoms with Gasteiger partial charge in [0.1, 0.15) is 6.10 Å². The molecule has 0 saturated heterocycles. The minimum Gasteiger partial charge on any atom is -0.481 e. The van der Waals surface area contributed by atoms with Gasteiger partial charge in [-0.3, -0.25) is 9.59 Å². The van der Waals surface area contributed by atoms with E-state index in [0.717, 1.165) is 19.3 Å². The number of benzene rings is 16. The molecule has 9 aliphatic rings. The molecule has 4 heteroatoms. The monoisotopic (exact) mass is 894 g/mol. The van der Waals surface area contributed by atoms with E-state index in [-0.39, 0.29) is 30.3 Å². The van der Waals surface area contributed by atoms with E-state index in [1.807, 2.05) is 0 Å². The van der Waals surface area contributed by atoms with Crippen molar-refractivity contribution in [1.82, 2.24) is 0 Å². The van der Waals surface area contributed by atoms with Crippen LogP contribution >= 0.6 is 0 Å². The summed E-state index contributed by atoms with van der Waals surface area (Å²) < 4.78 is 6.79. The fraction of sp³-hybridized carbons (Fsp3) is 0.147. The zero-order valence-electron chi connectivity index (χ0n) is 36.9. The number of hydrogen-bond acceptors (Lipinski definition) is 3. The summed E-state index contributed by atoms with van der Waals surface area (Å²) in [5, 5.41) is 87.5. The molecule has 0 aliphatic heterocycles. The van der Waals surface area contributed by atoms with Gasteiger partial charge in [0.2, 0.25) is 0 Å². The van der Waals surface area contributed by atoms with Gasteiger partial charge in [-0.2, -0.15) is 0 Å². The fourth-order valence-corrected chi connectivity index (χ4v) is 26.4. The van der Waals surface area contributed by atoms with Gasteiger partial charge >= 0.3 is 11.9 Å². The van der Waals surface area contributed by atoms with Gasteiger partial charge in [-0.1, -0.05) is 0 Å². The van der Waals surface area contributed by atoms with Gasteiger partial charge in [0.05, 0.1) is 12.8 Å². The molecule has 1 N–H and O–H groups in total. The van der Waals surface area contributed by atoms with Gasteiger partial charge in [0.15, 0.2) is 0 Å². The van der Waals surface area contributed by atoms with Crippen LogP contribution in [0.15, 0.2) is 0 Å². The van der Waals surface area contributed by atoms with Crippen LogP contribution in [-0.4, -0.2) is 23.1 Å². The van der Waals surface area contributed by atoms with Gasteiger partial charge < -0.3 is 9.84 Å². The Bertz CT molecular complexity index is 7270. The number of esters is 1. The fourth-order valence-electron chi connectivity index (χ4n) is 26.4. The molecule has 9 aliphatic carbocycles. The van der Waals surface area contributed by atoms with E-state index in [4.69, 9.17) is 4.74 Å². The summed E-state index contributed by atoms with van der Waals surface area (Å²) in [5.74, 6) is -0.669. The lowest BCUT2D eigenvalue weighted by atomic mass is 9.43. The van der Waals surface area contributed by atoms with Crippen molar-refractivity contribution in [2.75, 3.05) is 0 Å². The van der Waals surface area contributed by atoms with E-state index in [2.05, 4.69) is 0 Å². The average Bonchev–Trinajstić information content (AvgIpc) is 4.30. The molecular formula is C68H14O4. The summed E-state index contributed by atoms with van der Waals surface area (Å²) in [6.07, 6.45) is 1.87. The summed E-state index contributed by atoms with van der Waals surface area (Å²) >= 11 is 0. The Balaban J connectivity index is 1.08. The summed E-state index contributed by atoms with van der Waals surface area (Å²) in [6, 6.07) is 0. The third-order valence-electron chi connectivity index (χ3n) is 26.4. The molecule has 1 fully saturated rings. The van der Waals surface area contributed by atoms with Crippen LogP contribution in [0.1, 0.15) is 88.4 Å². The standard InChI is InChI=1S/C68H14O4/c69-7(70)1-2-8(71)72-6-3-4-67-63-55-47-37-27-19-11-9-10-13-17-15(11)23-31-25(17)35-29-21(13)22-14(10)18-16-12(9)20(19)28-34-24(16)32-26(18)36-30(22)40-39(29)49-43(35)53-45(31)51(41(47)33(23)27)57(63)59(53)65-61(49)62-50(40)44(36)54-46(32)52-42(34)48(38(28)37)56(55)64(67)58(52)60(54)66(62)68(65,67)5-6/h6,21,29H,1-5H2,(H,69,70). The number of ether oxygens (including phenoxy) is 1. The van der Waals surface area contributed by atoms with Crippen molar-refractivity contribution in [2.24, 2.45) is 0 Å². The molecule has 5 atom stereocenters. The normalized spacial score (nSPS) is 25.9. The summed E-state index contributed by atoms with van der Waals surface area (Å²) in [6.45, 7) is 0. The Morgan fingerprint density at radius 2 is 0.569 bits per heavy atom. The number of carboxylic acids is 1. The first kappa shape index (κ1) is 27.9. The molecule has 33 rings (SSSR count). The number of aliphatic carboxylic acids is 1. The van der Waals surface area contributed by atoms with E-state index < -0.39 is 11.4 Å². The zero-order valence-corrected chi connectivity index (χ0v) is 36.9. The highest BCUT2D eigenvalue weighted by molar-refractivity contribution is 6.78. The van der Waals surface area contributed by atoms with Crippen molar-refractivity contribution in [2.45, 2.75) is 60.9 Å². The number of carboxylic acid groups (broad SMARTS) is 1. The number of carbonyl (C=O) groups is 2. The first-order valence-corrected chi connectivity index (χ1v) is 27.0. The largest absolute Gasteiger partial charge is 0.481 e. The highest BCUT2D eigenvalue weighted by atomic mass is 16.5. The van der Waals surface area contributed by atoms with Crippen LogP contribution in [0.4, 0.5) is 0 Å². The van der Waals surface area contributed by atoms with Gasteiger partial charge in [-0.25, -0.2) is 0 Å². The molecule has 0 bridgehead atoms. The highest BCUT2D eigenvalue weighted by Gasteiger charge is 2.72. The van der Waals surface area contributed by atoms with E-state index in [1.54, 1.807) is 303 Å². The topological polar surface area (TPSA) is 63.6 Å². The van der Waals surface area contributed by atoms with E-state index in [1.165, 1.54) is 0 Å². The van der Waals surface area contributed by atoms with Gasteiger partial charge in [0, 0.05) is 22.7 Å². The number of rotatable bonds is 4. The van der Waals surface area contributed by atoms with Crippen molar-refractivity contribution in [1.29, 1.82) is 0 Å². The van der Waals surface area contributed by atoms with Crippen LogP contribution in [0.25, 0.3) is 259 Å². The summed E-state index contributed by atoms with van der Waals surface area (Å²) in [4.78, 5) is 26.0. The molecule has 0 heterocycles. The van der Waals surface area contributed by atoms with Crippen LogP contribution in [0.5, 0.6) is 0 Å². The molecule has 0 amide bonds. The van der Waals surface area contributed by atoms with E-state index >= 15 is 0 Å². The second-order valence-corrected chi connectivity index (χ2v) is 26.7. The van der Waals surface area contributed by atoms with Crippen molar-refractivity contribution >= 4 is 270 Å². The maximum Gasteiger partial charge on any atom is 0.306 e. The third kappa shape index (κ3) is 1.53. The molecule has 24 aromatic rings. The molecule has 1 saturated carbocycles. The lowest BCUT2D eigenvalue weighted by Gasteiger charge is -2.58. The highest BCUT2D eigenvalue weighted by Crippen LogP contribution is 2.87. The van der Waals surface area contributed by atoms with Crippen LogP contribution in [0, 0.1) is 0 Å². The molecule has 5 unspecified atom stereocenters. The molecular weight excluding hydrogens is 881 g/mol. The smallest absolute Gasteiger partial charge is 0.306 e. The summed E-state index contributed by atoms with van der Waals surface area (Å²) in [7, 11) is 0. The second kappa shape index (κ2) is 6.42. The van der Waals surface area contributed by atoms with Gasteiger partial charge in [0.25, 0.3) is 0 Å². The molecule has 0 aromatic heterocycles. The van der Waals surface area contributed by atoms with Gasteiger partial charge in [-0.05, 0) is 322 Å². The maximum absolute atomic E-state index is 14.1. The molecule has 72 heavy (non-hydrogen) atoms. The maximum atomic E-state index is 14.1. The van der Waals surface area contributed by atoms with E-state index in [0.29, 0.717) is 11.8 Å². The quantitative estimate of drug-likeness (QED) is 0.141. The lowest BCUT2D eigenvalue weighted by Crippen LogP contribution is -2.57. The lowest BCUT2D eigenvalue weighted by molar-refractivity contribution is -0.154. The average molecular weight is 895 g/mol. The van der Waals surface area contributed by atoms with Crippen molar-refractivity contribution < 1.29 is 19.4 Å². The Kier molecular flexibility index (Phi) is 2.49. The molecule has 310 valence electrons. The first-order chi connectivity index (χ1) is 35.6. The van der Waals surface area contributed by atoms with Crippen molar-refractivity contribution in [3.05, 3.63) is 44.5 Å². The van der Waals surface area contributed by atoms with E-state index in [9.17, 15) is 14.7 Å². The predicted molar refractivity (Wildman–Crippen MR) is 290 cm³/mol. The van der Waals surface area contributed by atoms with Crippen LogP contribution < -0.4 is 0 Å². The molecule has 2 spiro atoms. The Morgan fingerprint density at radius 1 is 0.333 bits per heavy atom. The van der Waals surface area contributed by atoms with Crippen molar-refractivity contribution in [3.8, 4) is 0 Å². The van der Waals surface area contributed by atoms with Crippen LogP contribution in [0.2, 0.25) is 0 Å². The second-order valence-electron chi connectivity index (χ2n) is 26.7. The summed E-state index contributed by atoms with van der Waals surface area (Å²) in [5.41, 5.74) is 12.6. The SMILES string of the molecule is O=C(O)CCC(=O)OC1CCC23c4c5c6c7c8c9c%10c%11c%12c%13c%14c%15c%16c%17c%18c(c9c6c6c%18c9c%17c%17c%15c%15c%18c%14c%14c%12c%12c%11c8c(c8c%11c2c2c4c4c(c56)c9c5c4c4c2c2c%11c(c8%12)c%14c%18c2c4c%15c%175)C73C1)C%10C%13%16. The van der Waals surface area contributed by atoms with Crippen molar-refractivity contribution in [3.63, 3.8) is 0 Å². The Hall–Kier alpha value is -8.34. The third-order valence-corrected chi connectivity index (χ3v) is 26.4. The Morgan fingerprint density at radius 3 is 0.875 bits per heavy atom. The zero-order chi connectivity index (χ0) is 43.5. The first-order valence-electron chi connectivity index (χ1n) is 27.0. The van der Waals surface area contributed by atoms with Gasteiger partial charge in [-0.15, -0.1) is 0 Å². The van der Waals surface area contributed by atoms with Crippen LogP contribution in [0.3, 0.4) is 0 Å². The molecule has 4 nitrogen and oxygen atoms in total. The molecule has 0 radical (unpaired) electrons. The molecule has 24 aromatic carbocycles. The predicted octanol–water partition coefficient (Wildman–Crippen LogP) is 16.5. The van der Waals surface area contributed by atoms with Crippen LogP contribution in [-0.2, 0) is 25.2 Å². The minimum absolute atomic E-state index is 0.0831. The Labute approximate surface area is 393 Å². The minimum atomic E-state index is -0.942.